The van der Waals surface area contributed by atoms with Crippen molar-refractivity contribution in [3.63, 3.8) is 0 Å². The zero-order valence-corrected chi connectivity index (χ0v) is 20.2. The van der Waals surface area contributed by atoms with Crippen LogP contribution < -0.4 is 5.32 Å². The Kier molecular flexibility index (Phi) is 6.92. The Hall–Kier alpha value is -2.24. The molecule has 5 nitrogen and oxygen atoms in total. The number of carbonyl (C=O) groups excluding carboxylic acids is 3. The van der Waals surface area contributed by atoms with E-state index < -0.39 is 17.8 Å². The van der Waals surface area contributed by atoms with Gasteiger partial charge in [0, 0.05) is 18.0 Å². The summed E-state index contributed by atoms with van der Waals surface area (Å²) in [6.07, 6.45) is 8.67. The van der Waals surface area contributed by atoms with Crippen LogP contribution in [0, 0.1) is 17.2 Å². The van der Waals surface area contributed by atoms with Gasteiger partial charge in [-0.2, -0.15) is 0 Å². The maximum absolute atomic E-state index is 15.0. The minimum Gasteiger partial charge on any atom is -0.342 e. The van der Waals surface area contributed by atoms with Crippen molar-refractivity contribution < 1.29 is 18.8 Å². The standard InChI is InChI=1S/C27H37FN2O3/c1-17-15-21(11-14-30(17)26(33)27(3)12-13-27)20-9-10-22(23(28)16-20)25(32)29-24(18(2)31)19-7-5-4-6-8-19/h9-10,16-17,19,21,24H,4-8,11-15H2,1-3H3,(H,29,32)/t17-,21?,24+/m1/s1. The van der Waals surface area contributed by atoms with Gasteiger partial charge in [-0.1, -0.05) is 32.3 Å². The molecule has 1 aliphatic heterocycles. The van der Waals surface area contributed by atoms with E-state index in [1.165, 1.54) is 13.0 Å². The van der Waals surface area contributed by atoms with Gasteiger partial charge in [0.05, 0.1) is 11.6 Å². The van der Waals surface area contributed by atoms with Crippen molar-refractivity contribution in [1.82, 2.24) is 10.2 Å². The Morgan fingerprint density at radius 3 is 2.39 bits per heavy atom. The second-order valence-corrected chi connectivity index (χ2v) is 10.8. The molecule has 0 aromatic heterocycles. The van der Waals surface area contributed by atoms with Gasteiger partial charge in [-0.25, -0.2) is 4.39 Å². The summed E-state index contributed by atoms with van der Waals surface area (Å²) >= 11 is 0. The van der Waals surface area contributed by atoms with Crippen LogP contribution in [0.15, 0.2) is 18.2 Å². The topological polar surface area (TPSA) is 66.5 Å². The summed E-state index contributed by atoms with van der Waals surface area (Å²) in [5.41, 5.74) is 0.691. The first-order chi connectivity index (χ1) is 15.7. The molecule has 2 amide bonds. The van der Waals surface area contributed by atoms with Crippen molar-refractivity contribution in [1.29, 1.82) is 0 Å². The zero-order valence-electron chi connectivity index (χ0n) is 20.2. The van der Waals surface area contributed by atoms with Gasteiger partial charge in [-0.05, 0) is 81.9 Å². The summed E-state index contributed by atoms with van der Waals surface area (Å²) in [5.74, 6) is -0.583. The fraction of sp³-hybridized carbons (Fsp3) is 0.667. The Morgan fingerprint density at radius 2 is 1.82 bits per heavy atom. The molecule has 33 heavy (non-hydrogen) atoms. The number of nitrogens with one attached hydrogen (secondary N) is 1. The highest BCUT2D eigenvalue weighted by Gasteiger charge is 2.48. The lowest BCUT2D eigenvalue weighted by molar-refractivity contribution is -0.140. The fourth-order valence-corrected chi connectivity index (χ4v) is 5.73. The largest absolute Gasteiger partial charge is 0.342 e. The van der Waals surface area contributed by atoms with E-state index in [0.717, 1.165) is 63.4 Å². The molecule has 3 fully saturated rings. The Labute approximate surface area is 196 Å². The maximum Gasteiger partial charge on any atom is 0.254 e. The van der Waals surface area contributed by atoms with E-state index in [2.05, 4.69) is 12.2 Å². The molecular formula is C27H37FN2O3. The lowest BCUT2D eigenvalue weighted by atomic mass is 9.82. The first-order valence-electron chi connectivity index (χ1n) is 12.6. The highest BCUT2D eigenvalue weighted by atomic mass is 19.1. The molecule has 4 rings (SSSR count). The second kappa shape index (κ2) is 9.55. The number of likely N-dealkylation sites (tertiary alicyclic amines) is 1. The molecule has 6 heteroatoms. The molecule has 1 aromatic carbocycles. The van der Waals surface area contributed by atoms with E-state index in [1.807, 2.05) is 17.9 Å². The van der Waals surface area contributed by atoms with Gasteiger partial charge in [-0.15, -0.1) is 0 Å². The summed E-state index contributed by atoms with van der Waals surface area (Å²) in [5, 5.41) is 2.81. The molecule has 1 saturated heterocycles. The fourth-order valence-electron chi connectivity index (χ4n) is 5.73. The van der Waals surface area contributed by atoms with Crippen molar-refractivity contribution in [2.45, 2.75) is 96.6 Å². The van der Waals surface area contributed by atoms with Gasteiger partial charge in [0.15, 0.2) is 5.78 Å². The van der Waals surface area contributed by atoms with Crippen LogP contribution in [0.2, 0.25) is 0 Å². The molecule has 0 radical (unpaired) electrons. The third kappa shape index (κ3) is 5.15. The van der Waals surface area contributed by atoms with Gasteiger partial charge >= 0.3 is 0 Å². The summed E-state index contributed by atoms with van der Waals surface area (Å²) in [6, 6.07) is 4.42. The van der Waals surface area contributed by atoms with Crippen LogP contribution in [-0.2, 0) is 9.59 Å². The average Bonchev–Trinajstić information content (AvgIpc) is 3.55. The minimum atomic E-state index is -0.549. The summed E-state index contributed by atoms with van der Waals surface area (Å²) in [6.45, 7) is 6.30. The predicted molar refractivity (Wildman–Crippen MR) is 125 cm³/mol. The number of benzene rings is 1. The van der Waals surface area contributed by atoms with Crippen LogP contribution in [0.5, 0.6) is 0 Å². The molecule has 2 saturated carbocycles. The lowest BCUT2D eigenvalue weighted by Gasteiger charge is -2.39. The van der Waals surface area contributed by atoms with Crippen LogP contribution in [0.1, 0.15) is 100 Å². The zero-order chi connectivity index (χ0) is 23.8. The maximum atomic E-state index is 15.0. The van der Waals surface area contributed by atoms with Crippen molar-refractivity contribution in [2.24, 2.45) is 11.3 Å². The van der Waals surface area contributed by atoms with Crippen LogP contribution in [0.3, 0.4) is 0 Å². The number of amides is 2. The number of rotatable bonds is 6. The van der Waals surface area contributed by atoms with Crippen LogP contribution in [0.4, 0.5) is 4.39 Å². The molecular weight excluding hydrogens is 419 g/mol. The first kappa shape index (κ1) is 23.9. The Balaban J connectivity index is 1.41. The third-order valence-corrected chi connectivity index (χ3v) is 8.21. The van der Waals surface area contributed by atoms with Crippen molar-refractivity contribution in [2.75, 3.05) is 6.54 Å². The van der Waals surface area contributed by atoms with Crippen LogP contribution >= 0.6 is 0 Å². The highest BCUT2D eigenvalue weighted by molar-refractivity contribution is 5.97. The van der Waals surface area contributed by atoms with Gasteiger partial charge in [-0.3, -0.25) is 14.4 Å². The predicted octanol–water partition coefficient (Wildman–Crippen LogP) is 4.99. The molecule has 1 aromatic rings. The summed E-state index contributed by atoms with van der Waals surface area (Å²) in [7, 11) is 0. The minimum absolute atomic E-state index is 0.0110. The number of carbonyl (C=O) groups is 3. The summed E-state index contributed by atoms with van der Waals surface area (Å²) < 4.78 is 15.0. The smallest absolute Gasteiger partial charge is 0.254 e. The van der Waals surface area contributed by atoms with E-state index in [-0.39, 0.29) is 40.5 Å². The number of hydrogen-bond donors (Lipinski definition) is 1. The number of ketones is 1. The molecule has 1 unspecified atom stereocenters. The van der Waals surface area contributed by atoms with E-state index in [4.69, 9.17) is 0 Å². The molecule has 1 heterocycles. The number of Topliss-reactive ketones (excluding diaryl/α,β-unsaturated/α-hetero) is 1. The molecule has 3 atom stereocenters. The van der Waals surface area contributed by atoms with Crippen molar-refractivity contribution in [3.8, 4) is 0 Å². The average molecular weight is 457 g/mol. The molecule has 0 bridgehead atoms. The Bertz CT molecular complexity index is 920. The van der Waals surface area contributed by atoms with E-state index in [0.29, 0.717) is 6.54 Å². The normalized spacial score (nSPS) is 25.9. The highest BCUT2D eigenvalue weighted by Crippen LogP contribution is 2.48. The number of hydrogen-bond acceptors (Lipinski definition) is 3. The number of nitrogens with zero attached hydrogens (tertiary/aromatic N) is 1. The molecule has 2 aliphatic carbocycles. The molecule has 3 aliphatic rings. The van der Waals surface area contributed by atoms with Gasteiger partial charge in [0.25, 0.3) is 5.91 Å². The quantitative estimate of drug-likeness (QED) is 0.656. The lowest BCUT2D eigenvalue weighted by Crippen LogP contribution is -2.47. The van der Waals surface area contributed by atoms with E-state index in [9.17, 15) is 14.4 Å². The molecule has 1 N–H and O–H groups in total. The van der Waals surface area contributed by atoms with Crippen LogP contribution in [0.25, 0.3) is 0 Å². The first-order valence-corrected chi connectivity index (χ1v) is 12.6. The van der Waals surface area contributed by atoms with E-state index in [1.54, 1.807) is 6.07 Å². The summed E-state index contributed by atoms with van der Waals surface area (Å²) in [4.78, 5) is 39.8. The van der Waals surface area contributed by atoms with Gasteiger partial charge in [0.2, 0.25) is 5.91 Å². The number of halogens is 1. The van der Waals surface area contributed by atoms with Crippen LogP contribution in [-0.4, -0.2) is 41.1 Å². The molecule has 0 spiro atoms. The van der Waals surface area contributed by atoms with Gasteiger partial charge < -0.3 is 10.2 Å². The van der Waals surface area contributed by atoms with E-state index >= 15 is 4.39 Å². The van der Waals surface area contributed by atoms with Gasteiger partial charge in [0.1, 0.15) is 5.82 Å². The monoisotopic (exact) mass is 456 g/mol. The SMILES string of the molecule is CC(=O)[C@H](NC(=O)c1ccc(C2CCN(C(=O)C3(C)CC3)[C@H](C)C2)cc1F)C1CCCCC1. The third-order valence-electron chi connectivity index (χ3n) is 8.21. The second-order valence-electron chi connectivity index (χ2n) is 10.8. The number of piperidine rings is 1. The van der Waals surface area contributed by atoms with Crippen molar-refractivity contribution in [3.05, 3.63) is 35.1 Å². The molecule has 180 valence electrons. The Morgan fingerprint density at radius 1 is 1.12 bits per heavy atom. The van der Waals surface area contributed by atoms with Crippen molar-refractivity contribution >= 4 is 17.6 Å².